The molecule has 1 aromatic carbocycles. The number of rotatable bonds is 7. The number of aryl methyl sites for hydroxylation is 1. The van der Waals surface area contributed by atoms with Gasteiger partial charge in [0.15, 0.2) is 0 Å². The first kappa shape index (κ1) is 17.0. The van der Waals surface area contributed by atoms with Gasteiger partial charge >= 0.3 is 0 Å². The molecule has 0 aliphatic carbocycles. The number of likely N-dealkylation sites (tertiary alicyclic amines) is 1. The van der Waals surface area contributed by atoms with Gasteiger partial charge in [0.25, 0.3) is 0 Å². The predicted octanol–water partition coefficient (Wildman–Crippen LogP) is 3.83. The van der Waals surface area contributed by atoms with E-state index in [0.717, 1.165) is 32.5 Å². The third-order valence-electron chi connectivity index (χ3n) is 4.54. The highest BCUT2D eigenvalue weighted by Gasteiger charge is 2.22. The van der Waals surface area contributed by atoms with Crippen molar-refractivity contribution >= 4 is 5.91 Å². The quantitative estimate of drug-likeness (QED) is 0.830. The van der Waals surface area contributed by atoms with Crippen LogP contribution in [-0.2, 0) is 4.79 Å². The van der Waals surface area contributed by atoms with Crippen molar-refractivity contribution in [2.24, 2.45) is 0 Å². The molecule has 1 aromatic rings. The summed E-state index contributed by atoms with van der Waals surface area (Å²) in [4.78, 5) is 14.5. The van der Waals surface area contributed by atoms with Crippen LogP contribution in [0.2, 0.25) is 0 Å². The summed E-state index contributed by atoms with van der Waals surface area (Å²) in [7, 11) is 0. The lowest BCUT2D eigenvalue weighted by Gasteiger charge is -2.35. The van der Waals surface area contributed by atoms with Crippen molar-refractivity contribution in [2.75, 3.05) is 19.6 Å². The van der Waals surface area contributed by atoms with Crippen LogP contribution in [0.25, 0.3) is 0 Å². The highest BCUT2D eigenvalue weighted by atomic mass is 16.1. The molecule has 1 saturated heterocycles. The third-order valence-corrected chi connectivity index (χ3v) is 4.54. The Morgan fingerprint density at radius 3 is 2.50 bits per heavy atom. The van der Waals surface area contributed by atoms with E-state index in [4.69, 9.17) is 0 Å². The van der Waals surface area contributed by atoms with E-state index in [9.17, 15) is 4.79 Å². The summed E-state index contributed by atoms with van der Waals surface area (Å²) >= 11 is 0. The van der Waals surface area contributed by atoms with Crippen molar-refractivity contribution in [2.45, 2.75) is 58.4 Å². The lowest BCUT2D eigenvalue weighted by atomic mass is 10.0. The number of hydrogen-bond donors (Lipinski definition) is 1. The molecule has 0 spiro atoms. The molecule has 0 bridgehead atoms. The van der Waals surface area contributed by atoms with Crippen molar-refractivity contribution < 1.29 is 4.79 Å². The molecule has 1 aliphatic heterocycles. The molecule has 122 valence electrons. The van der Waals surface area contributed by atoms with Gasteiger partial charge in [-0.15, -0.1) is 0 Å². The first-order valence-corrected chi connectivity index (χ1v) is 8.78. The van der Waals surface area contributed by atoms with Gasteiger partial charge in [0.1, 0.15) is 0 Å². The van der Waals surface area contributed by atoms with Gasteiger partial charge in [-0.1, -0.05) is 49.6 Å². The largest absolute Gasteiger partial charge is 0.354 e. The fourth-order valence-corrected chi connectivity index (χ4v) is 3.11. The van der Waals surface area contributed by atoms with Crippen LogP contribution < -0.4 is 5.32 Å². The zero-order valence-electron chi connectivity index (χ0n) is 14.1. The smallest absolute Gasteiger partial charge is 0.220 e. The summed E-state index contributed by atoms with van der Waals surface area (Å²) in [5.41, 5.74) is 2.61. The van der Waals surface area contributed by atoms with Crippen molar-refractivity contribution in [3.8, 4) is 0 Å². The monoisotopic (exact) mass is 302 g/mol. The first-order chi connectivity index (χ1) is 10.7. The molecule has 0 radical (unpaired) electrons. The Hall–Kier alpha value is -1.35. The Kier molecular flexibility index (Phi) is 6.91. The molecule has 0 saturated carbocycles. The maximum atomic E-state index is 11.9. The molecular weight excluding hydrogens is 272 g/mol. The van der Waals surface area contributed by atoms with Crippen LogP contribution in [0.3, 0.4) is 0 Å². The van der Waals surface area contributed by atoms with Gasteiger partial charge in [-0.25, -0.2) is 0 Å². The number of carbonyl (C=O) groups is 1. The number of amides is 1. The zero-order chi connectivity index (χ0) is 15.8. The normalized spacial score (nSPS) is 17.2. The molecule has 2 rings (SSSR count). The minimum absolute atomic E-state index is 0.191. The second-order valence-corrected chi connectivity index (χ2v) is 6.43. The molecule has 1 unspecified atom stereocenters. The van der Waals surface area contributed by atoms with Gasteiger partial charge in [0.05, 0.1) is 6.04 Å². The summed E-state index contributed by atoms with van der Waals surface area (Å²) in [6.07, 6.45) is 6.57. The first-order valence-electron chi connectivity index (χ1n) is 8.78. The lowest BCUT2D eigenvalue weighted by Crippen LogP contribution is -2.40. The molecular formula is C19H30N2O. The van der Waals surface area contributed by atoms with Gasteiger partial charge in [0.2, 0.25) is 5.91 Å². The van der Waals surface area contributed by atoms with Gasteiger partial charge in [0, 0.05) is 13.0 Å². The van der Waals surface area contributed by atoms with Crippen LogP contribution >= 0.6 is 0 Å². The maximum absolute atomic E-state index is 11.9. The fourth-order valence-electron chi connectivity index (χ4n) is 3.11. The number of piperidine rings is 1. The minimum Gasteiger partial charge on any atom is -0.354 e. The molecule has 1 aliphatic rings. The number of benzene rings is 1. The standard InChI is InChI=1S/C19H30N2O/c1-3-4-8-19(22)20-15-18(21-13-6-5-7-14-21)17-11-9-16(2)10-12-17/h9-12,18H,3-8,13-15H2,1-2H3,(H,20,22). The van der Waals surface area contributed by atoms with E-state index < -0.39 is 0 Å². The van der Waals surface area contributed by atoms with Crippen molar-refractivity contribution in [3.63, 3.8) is 0 Å². The second kappa shape index (κ2) is 8.94. The molecule has 1 atom stereocenters. The fraction of sp³-hybridized carbons (Fsp3) is 0.632. The number of nitrogens with one attached hydrogen (secondary N) is 1. The van der Waals surface area contributed by atoms with Crippen LogP contribution in [0.5, 0.6) is 0 Å². The Labute approximate surface area is 135 Å². The molecule has 1 fully saturated rings. The van der Waals surface area contributed by atoms with E-state index in [1.165, 1.54) is 30.4 Å². The van der Waals surface area contributed by atoms with E-state index >= 15 is 0 Å². The topological polar surface area (TPSA) is 32.3 Å². The van der Waals surface area contributed by atoms with Gasteiger partial charge in [-0.2, -0.15) is 0 Å². The second-order valence-electron chi connectivity index (χ2n) is 6.43. The predicted molar refractivity (Wildman–Crippen MR) is 91.9 cm³/mol. The lowest BCUT2D eigenvalue weighted by molar-refractivity contribution is -0.121. The van der Waals surface area contributed by atoms with E-state index in [-0.39, 0.29) is 5.91 Å². The average molecular weight is 302 g/mol. The number of carbonyl (C=O) groups excluding carboxylic acids is 1. The molecule has 3 nitrogen and oxygen atoms in total. The Morgan fingerprint density at radius 2 is 1.86 bits per heavy atom. The SMILES string of the molecule is CCCCC(=O)NCC(c1ccc(C)cc1)N1CCCCC1. The van der Waals surface area contributed by atoms with E-state index in [1.807, 2.05) is 0 Å². The van der Waals surface area contributed by atoms with Crippen LogP contribution in [0, 0.1) is 6.92 Å². The summed E-state index contributed by atoms with van der Waals surface area (Å²) < 4.78 is 0. The summed E-state index contributed by atoms with van der Waals surface area (Å²) in [5, 5.41) is 3.15. The number of nitrogens with zero attached hydrogens (tertiary/aromatic N) is 1. The van der Waals surface area contributed by atoms with E-state index in [2.05, 4.69) is 48.3 Å². The van der Waals surface area contributed by atoms with Gasteiger partial charge < -0.3 is 5.32 Å². The van der Waals surface area contributed by atoms with Gasteiger partial charge in [-0.05, 0) is 44.8 Å². The van der Waals surface area contributed by atoms with Gasteiger partial charge in [-0.3, -0.25) is 9.69 Å². The van der Waals surface area contributed by atoms with Crippen molar-refractivity contribution in [1.82, 2.24) is 10.2 Å². The zero-order valence-corrected chi connectivity index (χ0v) is 14.1. The number of unbranched alkanes of at least 4 members (excludes halogenated alkanes) is 1. The summed E-state index contributed by atoms with van der Waals surface area (Å²) in [6, 6.07) is 9.09. The minimum atomic E-state index is 0.191. The number of hydrogen-bond acceptors (Lipinski definition) is 2. The van der Waals surface area contributed by atoms with E-state index in [1.54, 1.807) is 0 Å². The summed E-state index contributed by atoms with van der Waals surface area (Å²) in [6.45, 7) is 7.25. The maximum Gasteiger partial charge on any atom is 0.220 e. The highest BCUT2D eigenvalue weighted by molar-refractivity contribution is 5.75. The van der Waals surface area contributed by atoms with Crippen LogP contribution in [0.1, 0.15) is 62.6 Å². The Morgan fingerprint density at radius 1 is 1.18 bits per heavy atom. The third kappa shape index (κ3) is 5.13. The molecule has 3 heteroatoms. The van der Waals surface area contributed by atoms with Crippen LogP contribution in [-0.4, -0.2) is 30.4 Å². The molecule has 0 aromatic heterocycles. The molecule has 1 N–H and O–H groups in total. The van der Waals surface area contributed by atoms with Crippen LogP contribution in [0.15, 0.2) is 24.3 Å². The average Bonchev–Trinajstić information content (AvgIpc) is 2.55. The Bertz CT molecular complexity index is 449. The van der Waals surface area contributed by atoms with Crippen LogP contribution in [0.4, 0.5) is 0 Å². The molecule has 1 heterocycles. The Balaban J connectivity index is 2.01. The van der Waals surface area contributed by atoms with Crippen molar-refractivity contribution in [1.29, 1.82) is 0 Å². The summed E-state index contributed by atoms with van der Waals surface area (Å²) in [5.74, 6) is 0.191. The highest BCUT2D eigenvalue weighted by Crippen LogP contribution is 2.24. The molecule has 1 amide bonds. The van der Waals surface area contributed by atoms with E-state index in [0.29, 0.717) is 12.5 Å². The van der Waals surface area contributed by atoms with Crippen molar-refractivity contribution in [3.05, 3.63) is 35.4 Å². The molecule has 22 heavy (non-hydrogen) atoms.